The average Bonchev–Trinajstić information content (AvgIpc) is 2.39. The summed E-state index contributed by atoms with van der Waals surface area (Å²) in [5.74, 6) is -0.573. The predicted molar refractivity (Wildman–Crippen MR) is 70.2 cm³/mol. The molecule has 0 aliphatic carbocycles. The number of benzene rings is 2. The van der Waals surface area contributed by atoms with Gasteiger partial charge in [0.05, 0.1) is 5.56 Å². The van der Waals surface area contributed by atoms with Crippen LogP contribution < -0.4 is 4.74 Å². The molecule has 0 heterocycles. The van der Waals surface area contributed by atoms with Crippen molar-refractivity contribution in [2.24, 2.45) is 0 Å². The van der Waals surface area contributed by atoms with E-state index in [4.69, 9.17) is 4.74 Å². The number of hydrogen-bond donors (Lipinski definition) is 0. The largest absolute Gasteiger partial charge is 0.488 e. The van der Waals surface area contributed by atoms with E-state index >= 15 is 0 Å². The number of halogens is 3. The second kappa shape index (κ2) is 5.93. The predicted octanol–water partition coefficient (Wildman–Crippen LogP) is 4.12. The maximum atomic E-state index is 12.9. The van der Waals surface area contributed by atoms with Gasteiger partial charge in [-0.15, -0.1) is 0 Å². The minimum Gasteiger partial charge on any atom is -0.488 e. The van der Waals surface area contributed by atoms with Crippen LogP contribution in [0.25, 0.3) is 0 Å². The molecule has 0 aliphatic heterocycles. The summed E-state index contributed by atoms with van der Waals surface area (Å²) in [6.07, 6.45) is 0.526. The third-order valence-corrected chi connectivity index (χ3v) is 3.24. The highest BCUT2D eigenvalue weighted by Crippen LogP contribution is 2.22. The molecule has 0 saturated heterocycles. The van der Waals surface area contributed by atoms with Gasteiger partial charge in [0.15, 0.2) is 6.29 Å². The summed E-state index contributed by atoms with van der Waals surface area (Å²) in [6.45, 7) is 0.146. The van der Waals surface area contributed by atoms with E-state index in [1.54, 1.807) is 6.07 Å². The zero-order chi connectivity index (χ0) is 13.8. The van der Waals surface area contributed by atoms with Crippen LogP contribution in [0.1, 0.15) is 15.9 Å². The average molecular weight is 327 g/mol. The fourth-order valence-electron chi connectivity index (χ4n) is 1.54. The molecule has 5 heteroatoms. The van der Waals surface area contributed by atoms with Gasteiger partial charge in [0, 0.05) is 10.0 Å². The summed E-state index contributed by atoms with van der Waals surface area (Å²) in [5, 5.41) is 0. The van der Waals surface area contributed by atoms with Crippen LogP contribution in [-0.4, -0.2) is 6.29 Å². The summed E-state index contributed by atoms with van der Waals surface area (Å²) in [4.78, 5) is 10.8. The van der Waals surface area contributed by atoms with Crippen molar-refractivity contribution >= 4 is 22.2 Å². The number of ether oxygens (including phenoxy) is 1. The Kier molecular flexibility index (Phi) is 4.27. The van der Waals surface area contributed by atoms with Crippen molar-refractivity contribution in [1.82, 2.24) is 0 Å². The first-order valence-electron chi connectivity index (χ1n) is 5.41. The molecule has 0 N–H and O–H groups in total. The van der Waals surface area contributed by atoms with E-state index in [1.165, 1.54) is 24.3 Å². The van der Waals surface area contributed by atoms with Gasteiger partial charge >= 0.3 is 0 Å². The van der Waals surface area contributed by atoms with Crippen molar-refractivity contribution in [3.8, 4) is 5.75 Å². The van der Waals surface area contributed by atoms with E-state index in [0.717, 1.165) is 11.6 Å². The van der Waals surface area contributed by atoms with Crippen molar-refractivity contribution in [3.63, 3.8) is 0 Å². The molecule has 0 aliphatic rings. The fraction of sp³-hybridized carbons (Fsp3) is 0.0714. The zero-order valence-corrected chi connectivity index (χ0v) is 11.3. The van der Waals surface area contributed by atoms with E-state index in [2.05, 4.69) is 15.9 Å². The SMILES string of the molecule is O=Cc1cc(F)ccc1OCc1ccc(F)cc1Br. The molecule has 2 nitrogen and oxygen atoms in total. The number of aldehydes is 1. The van der Waals surface area contributed by atoms with Crippen LogP contribution in [0.4, 0.5) is 8.78 Å². The molecule has 0 radical (unpaired) electrons. The van der Waals surface area contributed by atoms with Crippen LogP contribution in [0.5, 0.6) is 5.75 Å². The van der Waals surface area contributed by atoms with Crippen LogP contribution in [-0.2, 0) is 6.61 Å². The number of carbonyl (C=O) groups is 1. The van der Waals surface area contributed by atoms with Crippen molar-refractivity contribution in [3.05, 3.63) is 63.6 Å². The van der Waals surface area contributed by atoms with Gasteiger partial charge in [0.2, 0.25) is 0 Å². The van der Waals surface area contributed by atoms with Crippen molar-refractivity contribution in [1.29, 1.82) is 0 Å². The van der Waals surface area contributed by atoms with Gasteiger partial charge in [-0.3, -0.25) is 4.79 Å². The normalized spacial score (nSPS) is 10.3. The Labute approximate surface area is 117 Å². The Balaban J connectivity index is 2.16. The Morgan fingerprint density at radius 1 is 1.11 bits per heavy atom. The fourth-order valence-corrected chi connectivity index (χ4v) is 2.00. The number of carbonyl (C=O) groups excluding carboxylic acids is 1. The van der Waals surface area contributed by atoms with Crippen LogP contribution in [0, 0.1) is 11.6 Å². The van der Waals surface area contributed by atoms with Crippen molar-refractivity contribution in [2.75, 3.05) is 0 Å². The molecule has 0 fully saturated rings. The van der Waals surface area contributed by atoms with Gasteiger partial charge in [-0.25, -0.2) is 8.78 Å². The van der Waals surface area contributed by atoms with Crippen LogP contribution in [0.3, 0.4) is 0 Å². The van der Waals surface area contributed by atoms with Crippen LogP contribution >= 0.6 is 15.9 Å². The molecule has 2 aromatic rings. The monoisotopic (exact) mass is 326 g/mol. The third kappa shape index (κ3) is 3.38. The number of hydrogen-bond acceptors (Lipinski definition) is 2. The lowest BCUT2D eigenvalue weighted by Crippen LogP contribution is -2.00. The Bertz CT molecular complexity index is 614. The highest BCUT2D eigenvalue weighted by molar-refractivity contribution is 9.10. The number of rotatable bonds is 4. The molecule has 2 aromatic carbocycles. The van der Waals surface area contributed by atoms with Gasteiger partial charge in [-0.05, 0) is 30.3 Å². The summed E-state index contributed by atoms with van der Waals surface area (Å²) in [7, 11) is 0. The molecule has 0 bridgehead atoms. The standard InChI is InChI=1S/C14H9BrF2O2/c15-13-6-12(17)2-1-9(13)8-19-14-4-3-11(16)5-10(14)7-18/h1-7H,8H2. The van der Waals surface area contributed by atoms with Gasteiger partial charge in [0.25, 0.3) is 0 Å². The second-order valence-electron chi connectivity index (χ2n) is 3.82. The van der Waals surface area contributed by atoms with Crippen LogP contribution in [0.15, 0.2) is 40.9 Å². The molecule has 98 valence electrons. The lowest BCUT2D eigenvalue weighted by Gasteiger charge is -2.09. The Morgan fingerprint density at radius 2 is 1.79 bits per heavy atom. The maximum Gasteiger partial charge on any atom is 0.153 e. The van der Waals surface area contributed by atoms with E-state index < -0.39 is 5.82 Å². The minimum atomic E-state index is -0.502. The highest BCUT2D eigenvalue weighted by Gasteiger charge is 2.07. The van der Waals surface area contributed by atoms with Crippen molar-refractivity contribution < 1.29 is 18.3 Å². The molecule has 0 aromatic heterocycles. The van der Waals surface area contributed by atoms with E-state index in [9.17, 15) is 13.6 Å². The van der Waals surface area contributed by atoms with Gasteiger partial charge in [0.1, 0.15) is 24.0 Å². The molecule has 0 spiro atoms. The van der Waals surface area contributed by atoms with Crippen LogP contribution in [0.2, 0.25) is 0 Å². The quantitative estimate of drug-likeness (QED) is 0.790. The van der Waals surface area contributed by atoms with Gasteiger partial charge < -0.3 is 4.74 Å². The maximum absolute atomic E-state index is 12.9. The lowest BCUT2D eigenvalue weighted by atomic mass is 10.2. The molecule has 0 atom stereocenters. The van der Waals surface area contributed by atoms with E-state index in [0.29, 0.717) is 10.8 Å². The third-order valence-electron chi connectivity index (χ3n) is 2.50. The first-order valence-corrected chi connectivity index (χ1v) is 6.21. The molecule has 0 unspecified atom stereocenters. The molecule has 0 amide bonds. The molecule has 2 rings (SSSR count). The summed E-state index contributed by atoms with van der Waals surface area (Å²) < 4.78 is 31.9. The molecular formula is C14H9BrF2O2. The van der Waals surface area contributed by atoms with E-state index in [1.807, 2.05) is 0 Å². The smallest absolute Gasteiger partial charge is 0.153 e. The van der Waals surface area contributed by atoms with Gasteiger partial charge in [-0.1, -0.05) is 22.0 Å². The lowest BCUT2D eigenvalue weighted by molar-refractivity contribution is 0.111. The second-order valence-corrected chi connectivity index (χ2v) is 4.68. The minimum absolute atomic E-state index is 0.137. The first-order chi connectivity index (χ1) is 9.10. The van der Waals surface area contributed by atoms with Crippen molar-refractivity contribution in [2.45, 2.75) is 6.61 Å². The van der Waals surface area contributed by atoms with Gasteiger partial charge in [-0.2, -0.15) is 0 Å². The Hall–Kier alpha value is -1.75. The zero-order valence-electron chi connectivity index (χ0n) is 9.70. The topological polar surface area (TPSA) is 26.3 Å². The first kappa shape index (κ1) is 13.7. The molecular weight excluding hydrogens is 318 g/mol. The summed E-state index contributed by atoms with van der Waals surface area (Å²) in [6, 6.07) is 7.91. The summed E-state index contributed by atoms with van der Waals surface area (Å²) >= 11 is 3.22. The van der Waals surface area contributed by atoms with E-state index in [-0.39, 0.29) is 23.7 Å². The molecule has 19 heavy (non-hydrogen) atoms. The Morgan fingerprint density at radius 3 is 2.47 bits per heavy atom. The summed E-state index contributed by atoms with van der Waals surface area (Å²) in [5.41, 5.74) is 0.862. The molecule has 0 saturated carbocycles. The highest BCUT2D eigenvalue weighted by atomic mass is 79.9.